The lowest BCUT2D eigenvalue weighted by atomic mass is 9.80. The number of carbonyl (C=O) groups is 1. The van der Waals surface area contributed by atoms with Crippen LogP contribution in [0.25, 0.3) is 22.5 Å². The first-order valence-electron chi connectivity index (χ1n) is 13.1. The second kappa shape index (κ2) is 11.0. The van der Waals surface area contributed by atoms with Crippen molar-refractivity contribution in [3.8, 4) is 22.5 Å². The quantitative estimate of drug-likeness (QED) is 0.328. The number of rotatable bonds is 9. The summed E-state index contributed by atoms with van der Waals surface area (Å²) in [7, 11) is 0. The van der Waals surface area contributed by atoms with Gasteiger partial charge in [0, 0.05) is 17.9 Å². The summed E-state index contributed by atoms with van der Waals surface area (Å²) in [6, 6.07) is 16.6. The third-order valence-corrected chi connectivity index (χ3v) is 7.36. The third-order valence-electron chi connectivity index (χ3n) is 7.36. The van der Waals surface area contributed by atoms with Crippen LogP contribution in [-0.2, 0) is 17.8 Å². The Hall–Kier alpha value is -3.88. The average molecular weight is 500 g/mol. The fourth-order valence-electron chi connectivity index (χ4n) is 5.15. The number of nitrogens with one attached hydrogen (secondary N) is 1. The lowest BCUT2D eigenvalue weighted by molar-refractivity contribution is -0.143. The van der Waals surface area contributed by atoms with Gasteiger partial charge in [-0.15, -0.1) is 10.2 Å². The molecule has 0 bridgehead atoms. The summed E-state index contributed by atoms with van der Waals surface area (Å²) >= 11 is 0. The van der Waals surface area contributed by atoms with Crippen molar-refractivity contribution in [2.75, 3.05) is 0 Å². The largest absolute Gasteiger partial charge is 0.481 e. The van der Waals surface area contributed by atoms with Crippen molar-refractivity contribution in [2.45, 2.75) is 64.8 Å². The molecule has 0 amide bonds. The van der Waals surface area contributed by atoms with Crippen molar-refractivity contribution in [3.05, 3.63) is 65.7 Å². The number of aryl methyl sites for hydroxylation is 1. The number of carboxylic acid groups (broad SMARTS) is 1. The van der Waals surface area contributed by atoms with Crippen LogP contribution in [0.4, 0.5) is 0 Å². The highest BCUT2D eigenvalue weighted by molar-refractivity contribution is 5.80. The minimum atomic E-state index is -0.649. The number of benzene rings is 2. The molecule has 37 heavy (non-hydrogen) atoms. The molecule has 9 heteroatoms. The van der Waals surface area contributed by atoms with Gasteiger partial charge in [-0.3, -0.25) is 4.79 Å². The van der Waals surface area contributed by atoms with Gasteiger partial charge < -0.3 is 5.11 Å². The van der Waals surface area contributed by atoms with Crippen molar-refractivity contribution in [1.29, 1.82) is 0 Å². The Morgan fingerprint density at radius 3 is 2.43 bits per heavy atom. The molecule has 9 nitrogen and oxygen atoms in total. The number of aliphatic carboxylic acids is 1. The molecule has 0 saturated heterocycles. The number of nitrogens with zero attached hydrogens (tertiary/aromatic N) is 6. The van der Waals surface area contributed by atoms with Crippen molar-refractivity contribution >= 4 is 5.97 Å². The van der Waals surface area contributed by atoms with Gasteiger partial charge in [-0.2, -0.15) is 10.3 Å². The summed E-state index contributed by atoms with van der Waals surface area (Å²) in [6.45, 7) is 4.90. The van der Waals surface area contributed by atoms with Crippen LogP contribution in [0.3, 0.4) is 0 Å². The van der Waals surface area contributed by atoms with E-state index in [9.17, 15) is 9.90 Å². The van der Waals surface area contributed by atoms with E-state index in [-0.39, 0.29) is 11.8 Å². The van der Waals surface area contributed by atoms with Gasteiger partial charge in [0.1, 0.15) is 5.82 Å². The topological polar surface area (TPSA) is 122 Å². The Labute approximate surface area is 216 Å². The molecular weight excluding hydrogens is 466 g/mol. The van der Waals surface area contributed by atoms with E-state index in [1.165, 1.54) is 0 Å². The summed E-state index contributed by atoms with van der Waals surface area (Å²) in [5, 5.41) is 28.6. The number of hydrogen-bond donors (Lipinski definition) is 2. The Kier molecular flexibility index (Phi) is 7.39. The van der Waals surface area contributed by atoms with E-state index in [2.05, 4.69) is 64.8 Å². The van der Waals surface area contributed by atoms with Crippen molar-refractivity contribution in [1.82, 2.24) is 35.4 Å². The molecule has 2 aromatic heterocycles. The first-order chi connectivity index (χ1) is 18.0. The van der Waals surface area contributed by atoms with E-state index in [0.29, 0.717) is 18.3 Å². The molecule has 2 heterocycles. The second-order valence-corrected chi connectivity index (χ2v) is 10.3. The number of hydrogen-bond acceptors (Lipinski definition) is 6. The third kappa shape index (κ3) is 5.76. The predicted molar refractivity (Wildman–Crippen MR) is 140 cm³/mol. The zero-order chi connectivity index (χ0) is 25.8. The number of tetrazole rings is 1. The van der Waals surface area contributed by atoms with Gasteiger partial charge in [-0.25, -0.2) is 9.67 Å². The van der Waals surface area contributed by atoms with Gasteiger partial charge in [0.05, 0.1) is 12.5 Å². The summed E-state index contributed by atoms with van der Waals surface area (Å²) < 4.78 is 2.04. The first kappa shape index (κ1) is 24.8. The smallest absolute Gasteiger partial charge is 0.306 e. The van der Waals surface area contributed by atoms with E-state index in [1.807, 2.05) is 22.9 Å². The molecule has 2 N–H and O–H groups in total. The molecule has 2 aromatic carbocycles. The molecule has 0 atom stereocenters. The fourth-order valence-corrected chi connectivity index (χ4v) is 5.15. The molecule has 0 spiro atoms. The standard InChI is InChI=1S/C28H33N7O2/c1-18(2)26-29-25(16-11-19-7-14-22(15-8-19)28(36)37)35(32-26)17-20-9-12-21(13-10-20)23-5-3-4-6-24(23)27-30-33-34-31-27/h3-6,9-10,12-13,18-19,22H,7-8,11,14-17H2,1-2H3,(H,36,37)(H,30,31,33,34). The SMILES string of the molecule is CC(C)c1nc(CCC2CCC(C(=O)O)CC2)n(Cc2ccc(-c3ccccc3-c3nn[nH]n3)cc2)n1. The molecule has 0 aliphatic heterocycles. The monoisotopic (exact) mass is 499 g/mol. The van der Waals surface area contributed by atoms with Gasteiger partial charge in [0.15, 0.2) is 5.82 Å². The van der Waals surface area contributed by atoms with Gasteiger partial charge in [-0.1, -0.05) is 62.4 Å². The first-order valence-corrected chi connectivity index (χ1v) is 13.1. The van der Waals surface area contributed by atoms with E-state index in [4.69, 9.17) is 10.1 Å². The molecule has 1 aliphatic rings. The average Bonchev–Trinajstić information content (AvgIpc) is 3.59. The predicted octanol–water partition coefficient (Wildman–Crippen LogP) is 5.12. The molecule has 1 aliphatic carbocycles. The minimum Gasteiger partial charge on any atom is -0.481 e. The lowest BCUT2D eigenvalue weighted by Crippen LogP contribution is -2.22. The Morgan fingerprint density at radius 2 is 1.78 bits per heavy atom. The molecule has 4 aromatic rings. The van der Waals surface area contributed by atoms with Crippen LogP contribution < -0.4 is 0 Å². The highest BCUT2D eigenvalue weighted by Gasteiger charge is 2.26. The van der Waals surface area contributed by atoms with Crippen LogP contribution in [0.5, 0.6) is 0 Å². The Balaban J connectivity index is 1.29. The van der Waals surface area contributed by atoms with Crippen LogP contribution in [0.15, 0.2) is 48.5 Å². The summed E-state index contributed by atoms with van der Waals surface area (Å²) in [5.74, 6) is 2.45. The highest BCUT2D eigenvalue weighted by atomic mass is 16.4. The van der Waals surface area contributed by atoms with E-state index in [1.54, 1.807) is 0 Å². The molecule has 1 fully saturated rings. The van der Waals surface area contributed by atoms with E-state index >= 15 is 0 Å². The molecular formula is C28H33N7O2. The number of aromatic amines is 1. The van der Waals surface area contributed by atoms with Crippen molar-refractivity contribution in [2.24, 2.45) is 11.8 Å². The maximum Gasteiger partial charge on any atom is 0.306 e. The van der Waals surface area contributed by atoms with Gasteiger partial charge in [-0.05, 0) is 59.9 Å². The maximum atomic E-state index is 11.3. The number of carboxylic acids is 1. The molecule has 0 unspecified atom stereocenters. The molecule has 5 rings (SSSR count). The zero-order valence-electron chi connectivity index (χ0n) is 21.3. The highest BCUT2D eigenvalue weighted by Crippen LogP contribution is 2.32. The van der Waals surface area contributed by atoms with Gasteiger partial charge >= 0.3 is 5.97 Å². The normalized spacial score (nSPS) is 17.8. The van der Waals surface area contributed by atoms with Gasteiger partial charge in [0.2, 0.25) is 5.82 Å². The van der Waals surface area contributed by atoms with Crippen LogP contribution in [-0.4, -0.2) is 46.5 Å². The minimum absolute atomic E-state index is 0.172. The van der Waals surface area contributed by atoms with Crippen molar-refractivity contribution in [3.63, 3.8) is 0 Å². The van der Waals surface area contributed by atoms with Crippen LogP contribution in [0.2, 0.25) is 0 Å². The summed E-state index contributed by atoms with van der Waals surface area (Å²) in [5.41, 5.74) is 4.23. The molecule has 0 radical (unpaired) electrons. The van der Waals surface area contributed by atoms with Crippen molar-refractivity contribution < 1.29 is 9.90 Å². The second-order valence-electron chi connectivity index (χ2n) is 10.3. The molecule has 1 saturated carbocycles. The van der Waals surface area contributed by atoms with Gasteiger partial charge in [0.25, 0.3) is 0 Å². The number of aromatic nitrogens is 7. The Bertz CT molecular complexity index is 1320. The van der Waals surface area contributed by atoms with E-state index < -0.39 is 5.97 Å². The Morgan fingerprint density at radius 1 is 1.05 bits per heavy atom. The lowest BCUT2D eigenvalue weighted by Gasteiger charge is -2.25. The maximum absolute atomic E-state index is 11.3. The van der Waals surface area contributed by atoms with Crippen LogP contribution in [0.1, 0.15) is 69.1 Å². The summed E-state index contributed by atoms with van der Waals surface area (Å²) in [6.07, 6.45) is 5.41. The fraction of sp³-hybridized carbons (Fsp3) is 0.429. The van der Waals surface area contributed by atoms with E-state index in [0.717, 1.165) is 72.4 Å². The van der Waals surface area contributed by atoms with Crippen LogP contribution >= 0.6 is 0 Å². The summed E-state index contributed by atoms with van der Waals surface area (Å²) in [4.78, 5) is 16.1. The zero-order valence-corrected chi connectivity index (χ0v) is 21.3. The number of H-pyrrole nitrogens is 1. The van der Waals surface area contributed by atoms with Crippen LogP contribution in [0, 0.1) is 11.8 Å². The molecule has 192 valence electrons.